The Morgan fingerprint density at radius 1 is 1.56 bits per heavy atom. The van der Waals surface area contributed by atoms with Gasteiger partial charge in [0.25, 0.3) is 0 Å². The fourth-order valence-corrected chi connectivity index (χ4v) is 2.72. The maximum absolute atomic E-state index is 10.7. The van der Waals surface area contributed by atoms with Gasteiger partial charge in [0.05, 0.1) is 6.04 Å². The van der Waals surface area contributed by atoms with E-state index in [1.54, 1.807) is 0 Å². The number of carboxylic acid groups (broad SMARTS) is 1. The van der Waals surface area contributed by atoms with E-state index in [1.165, 1.54) is 11.1 Å². The predicted molar refractivity (Wildman–Crippen MR) is 71.0 cm³/mol. The molecule has 1 amide bonds. The highest BCUT2D eigenvalue weighted by Crippen LogP contribution is 2.30. The molecule has 1 aromatic rings. The summed E-state index contributed by atoms with van der Waals surface area (Å²) < 4.78 is 1.00. The quantitative estimate of drug-likeness (QED) is 0.646. The molecule has 0 fully saturated rings. The van der Waals surface area contributed by atoms with Crippen LogP contribution in [0.1, 0.15) is 35.6 Å². The van der Waals surface area contributed by atoms with Crippen LogP contribution in [-0.2, 0) is 10.8 Å². The van der Waals surface area contributed by atoms with Crippen LogP contribution in [0.5, 0.6) is 0 Å². The highest BCUT2D eigenvalue weighted by atomic mass is 127. The Morgan fingerprint density at radius 3 is 3.06 bits per heavy atom. The second-order valence-electron chi connectivity index (χ2n) is 4.06. The number of hydrogen-bond donors (Lipinski definition) is 2. The summed E-state index contributed by atoms with van der Waals surface area (Å²) in [5.41, 5.74) is 3.77. The van der Waals surface area contributed by atoms with Crippen molar-refractivity contribution in [2.75, 3.05) is 0 Å². The number of carbonyl (C=O) groups is 1. The van der Waals surface area contributed by atoms with E-state index in [0.29, 0.717) is 0 Å². The van der Waals surface area contributed by atoms with Crippen LogP contribution >= 0.6 is 22.6 Å². The molecule has 0 saturated heterocycles. The van der Waals surface area contributed by atoms with Crippen LogP contribution in [0.2, 0.25) is 0 Å². The van der Waals surface area contributed by atoms with E-state index < -0.39 is 6.09 Å². The first-order valence-electron chi connectivity index (χ1n) is 5.38. The van der Waals surface area contributed by atoms with Gasteiger partial charge in [0.15, 0.2) is 0 Å². The summed E-state index contributed by atoms with van der Waals surface area (Å²) in [7, 11) is 0. The lowest BCUT2D eigenvalue weighted by atomic mass is 9.87. The second-order valence-corrected chi connectivity index (χ2v) is 4.82. The molecule has 0 spiro atoms. The van der Waals surface area contributed by atoms with E-state index in [9.17, 15) is 4.79 Å². The van der Waals surface area contributed by atoms with Gasteiger partial charge in [-0.05, 0) is 36.0 Å². The molecular formula is C12H14INO2. The fraction of sp³-hybridized carbons (Fsp3) is 0.417. The summed E-state index contributed by atoms with van der Waals surface area (Å²) >= 11 is 2.34. The largest absolute Gasteiger partial charge is 0.465 e. The van der Waals surface area contributed by atoms with Crippen molar-refractivity contribution in [1.82, 2.24) is 5.32 Å². The summed E-state index contributed by atoms with van der Waals surface area (Å²) in [6.45, 7) is 0. The first-order chi connectivity index (χ1) is 7.70. The van der Waals surface area contributed by atoms with E-state index >= 15 is 0 Å². The second kappa shape index (κ2) is 5.03. The molecule has 0 bridgehead atoms. The van der Waals surface area contributed by atoms with Gasteiger partial charge in [0.1, 0.15) is 0 Å². The highest BCUT2D eigenvalue weighted by molar-refractivity contribution is 14.1. The van der Waals surface area contributed by atoms with Crippen LogP contribution in [0, 0.1) is 0 Å². The van der Waals surface area contributed by atoms with Crippen LogP contribution in [0.4, 0.5) is 4.79 Å². The van der Waals surface area contributed by atoms with Crippen molar-refractivity contribution in [3.05, 3.63) is 34.9 Å². The third kappa shape index (κ3) is 2.48. The van der Waals surface area contributed by atoms with E-state index in [4.69, 9.17) is 5.11 Å². The maximum Gasteiger partial charge on any atom is 0.405 e. The van der Waals surface area contributed by atoms with Crippen LogP contribution in [0.25, 0.3) is 0 Å². The van der Waals surface area contributed by atoms with E-state index in [0.717, 1.165) is 29.3 Å². The average Bonchev–Trinajstić information content (AvgIpc) is 2.28. The minimum Gasteiger partial charge on any atom is -0.465 e. The number of amides is 1. The highest BCUT2D eigenvalue weighted by Gasteiger charge is 2.21. The van der Waals surface area contributed by atoms with E-state index in [-0.39, 0.29) is 6.04 Å². The van der Waals surface area contributed by atoms with Crippen molar-refractivity contribution in [3.63, 3.8) is 0 Å². The number of benzene rings is 1. The lowest BCUT2D eigenvalue weighted by Gasteiger charge is -2.25. The van der Waals surface area contributed by atoms with Gasteiger partial charge in [-0.2, -0.15) is 0 Å². The minimum absolute atomic E-state index is 0.0236. The monoisotopic (exact) mass is 331 g/mol. The molecule has 0 saturated carbocycles. The standard InChI is InChI=1S/C12H14INO2/c13-7-8-4-5-10-9(6-8)2-1-3-11(10)14-12(15)16/h4-6,11,14H,1-3,7H2,(H,15,16). The fourth-order valence-electron chi connectivity index (χ4n) is 2.25. The number of alkyl halides is 1. The van der Waals surface area contributed by atoms with Gasteiger partial charge in [-0.25, -0.2) is 4.79 Å². The molecule has 1 aliphatic carbocycles. The van der Waals surface area contributed by atoms with Gasteiger partial charge in [0, 0.05) is 4.43 Å². The number of fused-ring (bicyclic) bond motifs is 1. The van der Waals surface area contributed by atoms with Gasteiger partial charge in [0.2, 0.25) is 0 Å². The molecule has 3 nitrogen and oxygen atoms in total. The lowest BCUT2D eigenvalue weighted by Crippen LogP contribution is -2.29. The average molecular weight is 331 g/mol. The van der Waals surface area contributed by atoms with Crippen LogP contribution in [0.15, 0.2) is 18.2 Å². The number of halogens is 1. The zero-order valence-corrected chi connectivity index (χ0v) is 11.0. The molecule has 0 aliphatic heterocycles. The number of nitrogens with one attached hydrogen (secondary N) is 1. The Balaban J connectivity index is 2.28. The smallest absolute Gasteiger partial charge is 0.405 e. The van der Waals surface area contributed by atoms with Gasteiger partial charge >= 0.3 is 6.09 Å². The third-order valence-electron chi connectivity index (χ3n) is 2.97. The molecule has 0 radical (unpaired) electrons. The molecular weight excluding hydrogens is 317 g/mol. The van der Waals surface area contributed by atoms with Crippen LogP contribution < -0.4 is 5.32 Å². The Bertz CT molecular complexity index is 406. The van der Waals surface area contributed by atoms with Gasteiger partial charge < -0.3 is 10.4 Å². The Kier molecular flexibility index (Phi) is 3.68. The Labute approximate surface area is 108 Å². The van der Waals surface area contributed by atoms with Crippen molar-refractivity contribution in [3.8, 4) is 0 Å². The summed E-state index contributed by atoms with van der Waals surface area (Å²) in [5, 5.41) is 11.4. The summed E-state index contributed by atoms with van der Waals surface area (Å²) in [5.74, 6) is 0. The zero-order valence-electron chi connectivity index (χ0n) is 8.87. The van der Waals surface area contributed by atoms with Crippen molar-refractivity contribution in [1.29, 1.82) is 0 Å². The summed E-state index contributed by atoms with van der Waals surface area (Å²) in [6.07, 6.45) is 2.10. The van der Waals surface area contributed by atoms with Gasteiger partial charge in [-0.1, -0.05) is 40.8 Å². The third-order valence-corrected chi connectivity index (χ3v) is 3.85. The molecule has 1 aromatic carbocycles. The first-order valence-corrected chi connectivity index (χ1v) is 6.90. The molecule has 2 N–H and O–H groups in total. The van der Waals surface area contributed by atoms with Crippen molar-refractivity contribution < 1.29 is 9.90 Å². The topological polar surface area (TPSA) is 49.3 Å². The van der Waals surface area contributed by atoms with E-state index in [1.807, 2.05) is 0 Å². The molecule has 1 aliphatic rings. The number of hydrogen-bond acceptors (Lipinski definition) is 1. The van der Waals surface area contributed by atoms with Gasteiger partial charge in [-0.3, -0.25) is 0 Å². The Hall–Kier alpha value is -0.780. The van der Waals surface area contributed by atoms with Crippen molar-refractivity contribution in [2.45, 2.75) is 29.7 Å². The first kappa shape index (κ1) is 11.7. The van der Waals surface area contributed by atoms with Gasteiger partial charge in [-0.15, -0.1) is 0 Å². The molecule has 1 atom stereocenters. The van der Waals surface area contributed by atoms with Crippen LogP contribution in [0.3, 0.4) is 0 Å². The molecule has 0 aromatic heterocycles. The molecule has 1 unspecified atom stereocenters. The number of rotatable bonds is 2. The minimum atomic E-state index is -0.934. The summed E-state index contributed by atoms with van der Waals surface area (Å²) in [6, 6.07) is 6.35. The van der Waals surface area contributed by atoms with E-state index in [2.05, 4.69) is 46.1 Å². The molecule has 86 valence electrons. The molecule has 16 heavy (non-hydrogen) atoms. The maximum atomic E-state index is 10.7. The van der Waals surface area contributed by atoms with Crippen LogP contribution in [-0.4, -0.2) is 11.2 Å². The zero-order chi connectivity index (χ0) is 11.5. The lowest BCUT2D eigenvalue weighted by molar-refractivity contribution is 0.188. The molecule has 2 rings (SSSR count). The summed E-state index contributed by atoms with van der Waals surface area (Å²) in [4.78, 5) is 10.7. The number of aryl methyl sites for hydroxylation is 1. The Morgan fingerprint density at radius 2 is 2.38 bits per heavy atom. The molecule has 0 heterocycles. The normalized spacial score (nSPS) is 18.9. The SMILES string of the molecule is O=C(O)NC1CCCc2cc(CI)ccc21. The molecule has 4 heteroatoms. The predicted octanol–water partition coefficient (Wildman–Crippen LogP) is 3.27. The van der Waals surface area contributed by atoms with Crippen molar-refractivity contribution >= 4 is 28.7 Å². The van der Waals surface area contributed by atoms with Crippen molar-refractivity contribution in [2.24, 2.45) is 0 Å².